The maximum absolute atomic E-state index is 11.9. The minimum Gasteiger partial charge on any atom is -0.476 e. The van der Waals surface area contributed by atoms with E-state index < -0.39 is 11.9 Å². The molecule has 2 rings (SSSR count). The number of carboxylic acid groups (broad SMARTS) is 1. The Morgan fingerprint density at radius 3 is 2.53 bits per heavy atom. The number of nitrogens with zero attached hydrogens (tertiary/aromatic N) is 2. The zero-order chi connectivity index (χ0) is 14.0. The third-order valence-corrected chi connectivity index (χ3v) is 2.89. The summed E-state index contributed by atoms with van der Waals surface area (Å²) in [5.41, 5.74) is 3.24. The molecular formula is C12H10BrN3O3. The summed E-state index contributed by atoms with van der Waals surface area (Å²) in [4.78, 5) is 23.9. The molecule has 1 amide bonds. The molecule has 0 saturated heterocycles. The SMILES string of the molecule is Cc1cc(C(=O)O)n(NC(=O)c2ccc(Br)cc2)n1. The zero-order valence-electron chi connectivity index (χ0n) is 9.92. The highest BCUT2D eigenvalue weighted by Gasteiger charge is 2.15. The average molecular weight is 324 g/mol. The van der Waals surface area contributed by atoms with E-state index in [0.717, 1.165) is 9.26 Å². The van der Waals surface area contributed by atoms with Crippen LogP contribution in [0.25, 0.3) is 0 Å². The van der Waals surface area contributed by atoms with Crippen LogP contribution >= 0.6 is 15.9 Å². The molecule has 0 atom stereocenters. The number of benzene rings is 1. The van der Waals surface area contributed by atoms with Crippen LogP contribution in [-0.4, -0.2) is 26.9 Å². The molecule has 0 bridgehead atoms. The van der Waals surface area contributed by atoms with Crippen molar-refractivity contribution in [1.82, 2.24) is 9.89 Å². The van der Waals surface area contributed by atoms with E-state index in [-0.39, 0.29) is 5.69 Å². The largest absolute Gasteiger partial charge is 0.476 e. The van der Waals surface area contributed by atoms with E-state index in [1.807, 2.05) is 0 Å². The van der Waals surface area contributed by atoms with Gasteiger partial charge in [-0.25, -0.2) is 10.2 Å². The number of amides is 1. The molecule has 2 N–H and O–H groups in total. The van der Waals surface area contributed by atoms with Gasteiger partial charge in [0, 0.05) is 10.0 Å². The predicted octanol–water partition coefficient (Wildman–Crippen LogP) is 2.04. The van der Waals surface area contributed by atoms with Crippen molar-refractivity contribution in [2.24, 2.45) is 0 Å². The second-order valence-electron chi connectivity index (χ2n) is 3.84. The lowest BCUT2D eigenvalue weighted by molar-refractivity contribution is 0.0685. The Labute approximate surface area is 117 Å². The Morgan fingerprint density at radius 1 is 1.32 bits per heavy atom. The minimum absolute atomic E-state index is 0.0945. The number of carbonyl (C=O) groups excluding carboxylic acids is 1. The topological polar surface area (TPSA) is 84.2 Å². The molecule has 0 aliphatic heterocycles. The first-order valence-electron chi connectivity index (χ1n) is 5.34. The molecule has 98 valence electrons. The van der Waals surface area contributed by atoms with Gasteiger partial charge in [0.2, 0.25) is 0 Å². The van der Waals surface area contributed by atoms with Gasteiger partial charge in [-0.1, -0.05) is 15.9 Å². The molecule has 0 saturated carbocycles. The van der Waals surface area contributed by atoms with Gasteiger partial charge >= 0.3 is 5.97 Å². The highest BCUT2D eigenvalue weighted by molar-refractivity contribution is 9.10. The predicted molar refractivity (Wildman–Crippen MR) is 71.8 cm³/mol. The van der Waals surface area contributed by atoms with Crippen LogP contribution in [0.1, 0.15) is 26.5 Å². The van der Waals surface area contributed by atoms with E-state index in [0.29, 0.717) is 11.3 Å². The number of carboxylic acids is 1. The number of aryl methyl sites for hydroxylation is 1. The summed E-state index contributed by atoms with van der Waals surface area (Å²) in [7, 11) is 0. The van der Waals surface area contributed by atoms with Gasteiger partial charge in [-0.05, 0) is 37.3 Å². The molecule has 7 heteroatoms. The van der Waals surface area contributed by atoms with E-state index in [4.69, 9.17) is 5.11 Å². The molecule has 0 spiro atoms. The van der Waals surface area contributed by atoms with Crippen molar-refractivity contribution in [2.75, 3.05) is 5.43 Å². The monoisotopic (exact) mass is 323 g/mol. The van der Waals surface area contributed by atoms with E-state index >= 15 is 0 Å². The summed E-state index contributed by atoms with van der Waals surface area (Å²) in [5.74, 6) is -1.59. The standard InChI is InChI=1S/C12H10BrN3O3/c1-7-6-10(12(18)19)16(14-7)15-11(17)8-2-4-9(13)5-3-8/h2-6H,1H3,(H,15,17)(H,18,19). The number of hydrogen-bond acceptors (Lipinski definition) is 3. The van der Waals surface area contributed by atoms with Crippen molar-refractivity contribution in [3.63, 3.8) is 0 Å². The zero-order valence-corrected chi connectivity index (χ0v) is 11.5. The number of rotatable bonds is 3. The molecule has 0 aliphatic rings. The molecule has 0 fully saturated rings. The second kappa shape index (κ2) is 5.23. The van der Waals surface area contributed by atoms with Gasteiger partial charge in [0.1, 0.15) is 0 Å². The van der Waals surface area contributed by atoms with Gasteiger partial charge in [-0.2, -0.15) is 9.89 Å². The van der Waals surface area contributed by atoms with Crippen molar-refractivity contribution in [2.45, 2.75) is 6.92 Å². The summed E-state index contributed by atoms with van der Waals surface area (Å²) in [6.07, 6.45) is 0. The Balaban J connectivity index is 2.24. The van der Waals surface area contributed by atoms with Crippen molar-refractivity contribution in [3.8, 4) is 0 Å². The van der Waals surface area contributed by atoms with Gasteiger partial charge in [0.15, 0.2) is 5.69 Å². The highest BCUT2D eigenvalue weighted by atomic mass is 79.9. The van der Waals surface area contributed by atoms with Gasteiger partial charge in [-0.3, -0.25) is 4.79 Å². The van der Waals surface area contributed by atoms with Crippen molar-refractivity contribution < 1.29 is 14.7 Å². The van der Waals surface area contributed by atoms with Crippen LogP contribution in [0.3, 0.4) is 0 Å². The van der Waals surface area contributed by atoms with E-state index in [2.05, 4.69) is 26.5 Å². The fraction of sp³-hybridized carbons (Fsp3) is 0.0833. The van der Waals surface area contributed by atoms with Gasteiger partial charge in [0.25, 0.3) is 5.91 Å². The van der Waals surface area contributed by atoms with E-state index in [1.54, 1.807) is 31.2 Å². The molecule has 19 heavy (non-hydrogen) atoms. The summed E-state index contributed by atoms with van der Waals surface area (Å²) >= 11 is 3.27. The summed E-state index contributed by atoms with van der Waals surface area (Å²) in [6, 6.07) is 8.07. The molecular weight excluding hydrogens is 314 g/mol. The van der Waals surface area contributed by atoms with Crippen LogP contribution in [0.15, 0.2) is 34.8 Å². The third-order valence-electron chi connectivity index (χ3n) is 2.36. The van der Waals surface area contributed by atoms with Crippen LogP contribution < -0.4 is 5.43 Å². The van der Waals surface area contributed by atoms with E-state index in [1.165, 1.54) is 6.07 Å². The molecule has 6 nitrogen and oxygen atoms in total. The smallest absolute Gasteiger partial charge is 0.356 e. The van der Waals surface area contributed by atoms with Gasteiger partial charge < -0.3 is 5.11 Å². The fourth-order valence-electron chi connectivity index (χ4n) is 1.50. The van der Waals surface area contributed by atoms with Crippen LogP contribution in [0.5, 0.6) is 0 Å². The molecule has 1 aromatic heterocycles. The first-order chi connectivity index (χ1) is 8.97. The maximum Gasteiger partial charge on any atom is 0.356 e. The quantitative estimate of drug-likeness (QED) is 0.905. The maximum atomic E-state index is 11.9. The highest BCUT2D eigenvalue weighted by Crippen LogP contribution is 2.11. The second-order valence-corrected chi connectivity index (χ2v) is 4.75. The number of hydrogen-bond donors (Lipinski definition) is 2. The van der Waals surface area contributed by atoms with Crippen LogP contribution in [0.4, 0.5) is 0 Å². The Bertz CT molecular complexity index is 634. The molecule has 2 aromatic rings. The lowest BCUT2D eigenvalue weighted by atomic mass is 10.2. The minimum atomic E-state index is -1.16. The Morgan fingerprint density at radius 2 is 1.95 bits per heavy atom. The lowest BCUT2D eigenvalue weighted by Crippen LogP contribution is -2.27. The molecule has 1 heterocycles. The lowest BCUT2D eigenvalue weighted by Gasteiger charge is -2.06. The first-order valence-corrected chi connectivity index (χ1v) is 6.13. The average Bonchev–Trinajstić information content (AvgIpc) is 2.71. The van der Waals surface area contributed by atoms with Crippen LogP contribution in [-0.2, 0) is 0 Å². The first kappa shape index (κ1) is 13.3. The van der Waals surface area contributed by atoms with E-state index in [9.17, 15) is 9.59 Å². The number of aromatic carboxylic acids is 1. The summed E-state index contributed by atoms with van der Waals surface area (Å²) < 4.78 is 0.852. The van der Waals surface area contributed by atoms with Crippen molar-refractivity contribution in [3.05, 3.63) is 51.8 Å². The molecule has 0 unspecified atom stereocenters. The molecule has 0 radical (unpaired) electrons. The molecule has 0 aliphatic carbocycles. The number of nitrogens with one attached hydrogen (secondary N) is 1. The Hall–Kier alpha value is -2.15. The summed E-state index contributed by atoms with van der Waals surface area (Å²) in [6.45, 7) is 1.65. The summed E-state index contributed by atoms with van der Waals surface area (Å²) in [5, 5.41) is 12.9. The Kier molecular flexibility index (Phi) is 3.66. The van der Waals surface area contributed by atoms with Crippen molar-refractivity contribution in [1.29, 1.82) is 0 Å². The molecule has 1 aromatic carbocycles. The normalized spacial score (nSPS) is 10.2. The van der Waals surface area contributed by atoms with Gasteiger partial charge in [-0.15, -0.1) is 0 Å². The van der Waals surface area contributed by atoms with Crippen LogP contribution in [0, 0.1) is 6.92 Å². The van der Waals surface area contributed by atoms with Crippen LogP contribution in [0.2, 0.25) is 0 Å². The fourth-order valence-corrected chi connectivity index (χ4v) is 1.76. The number of aromatic nitrogens is 2. The third kappa shape index (κ3) is 3.00. The van der Waals surface area contributed by atoms with Gasteiger partial charge in [0.05, 0.1) is 5.69 Å². The van der Waals surface area contributed by atoms with Crippen molar-refractivity contribution >= 4 is 27.8 Å². The number of halogens is 1. The number of carbonyl (C=O) groups is 2.